The molecule has 19 heavy (non-hydrogen) atoms. The highest BCUT2D eigenvalue weighted by molar-refractivity contribution is 9.10. The van der Waals surface area contributed by atoms with Crippen molar-refractivity contribution in [1.29, 1.82) is 0 Å². The maximum atomic E-state index is 13.0. The number of hydrogen-bond acceptors (Lipinski definition) is 1. The first kappa shape index (κ1) is 14.0. The summed E-state index contributed by atoms with van der Waals surface area (Å²) in [5.74, 6) is -0.257. The Hall–Kier alpha value is -1.45. The smallest absolute Gasteiger partial charge is 0.137 e. The molecule has 0 heterocycles. The van der Waals surface area contributed by atoms with Crippen LogP contribution in [0, 0.1) is 5.82 Å². The molecule has 2 aromatic carbocycles. The van der Waals surface area contributed by atoms with Crippen molar-refractivity contribution in [3.05, 3.63) is 76.0 Å². The Morgan fingerprint density at radius 3 is 2.63 bits per heavy atom. The number of hydrogen-bond donors (Lipinski definition) is 0. The van der Waals surface area contributed by atoms with E-state index >= 15 is 0 Å². The van der Waals surface area contributed by atoms with Gasteiger partial charge in [0.15, 0.2) is 0 Å². The van der Waals surface area contributed by atoms with Crippen molar-refractivity contribution in [2.75, 3.05) is 6.61 Å². The summed E-state index contributed by atoms with van der Waals surface area (Å²) in [4.78, 5) is 0. The second kappa shape index (κ2) is 7.22. The van der Waals surface area contributed by atoms with Gasteiger partial charge in [-0.15, -0.1) is 0 Å². The summed E-state index contributed by atoms with van der Waals surface area (Å²) in [6.45, 7) is 1.00. The summed E-state index contributed by atoms with van der Waals surface area (Å²) in [5, 5.41) is 0. The van der Waals surface area contributed by atoms with Gasteiger partial charge in [0.1, 0.15) is 5.82 Å². The average molecular weight is 321 g/mol. The molecule has 0 spiro atoms. The molecule has 0 atom stereocenters. The zero-order valence-electron chi connectivity index (χ0n) is 10.4. The van der Waals surface area contributed by atoms with E-state index in [0.29, 0.717) is 17.7 Å². The molecule has 0 aromatic heterocycles. The van der Waals surface area contributed by atoms with Gasteiger partial charge in [-0.2, -0.15) is 0 Å². The first-order valence-electron chi connectivity index (χ1n) is 5.99. The molecule has 2 rings (SSSR count). The molecule has 0 saturated heterocycles. The second-order valence-electron chi connectivity index (χ2n) is 4.08. The maximum Gasteiger partial charge on any atom is 0.137 e. The minimum Gasteiger partial charge on any atom is -0.373 e. The fraction of sp³-hybridized carbons (Fsp3) is 0.125. The van der Waals surface area contributed by atoms with Gasteiger partial charge < -0.3 is 4.74 Å². The molecule has 0 fully saturated rings. The SMILES string of the molecule is Fc1ccc(COC/C=C/c2ccccc2)cc1Br. The molecule has 0 aliphatic heterocycles. The van der Waals surface area contributed by atoms with E-state index in [-0.39, 0.29) is 5.82 Å². The highest BCUT2D eigenvalue weighted by Gasteiger charge is 1.99. The van der Waals surface area contributed by atoms with E-state index in [0.717, 1.165) is 11.1 Å². The Morgan fingerprint density at radius 2 is 1.89 bits per heavy atom. The van der Waals surface area contributed by atoms with Crippen LogP contribution in [0.4, 0.5) is 4.39 Å². The van der Waals surface area contributed by atoms with Gasteiger partial charge in [0, 0.05) is 0 Å². The van der Waals surface area contributed by atoms with Gasteiger partial charge in [-0.3, -0.25) is 0 Å². The van der Waals surface area contributed by atoms with Crippen molar-refractivity contribution in [2.45, 2.75) is 6.61 Å². The molecule has 1 nitrogen and oxygen atoms in total. The highest BCUT2D eigenvalue weighted by atomic mass is 79.9. The van der Waals surface area contributed by atoms with Crippen LogP contribution in [-0.2, 0) is 11.3 Å². The molecule has 3 heteroatoms. The third-order valence-electron chi connectivity index (χ3n) is 2.58. The summed E-state index contributed by atoms with van der Waals surface area (Å²) >= 11 is 3.15. The largest absolute Gasteiger partial charge is 0.373 e. The van der Waals surface area contributed by atoms with E-state index < -0.39 is 0 Å². The summed E-state index contributed by atoms with van der Waals surface area (Å²) in [7, 11) is 0. The lowest BCUT2D eigenvalue weighted by atomic mass is 10.2. The van der Waals surface area contributed by atoms with Crippen LogP contribution < -0.4 is 0 Å². The van der Waals surface area contributed by atoms with E-state index in [1.807, 2.05) is 42.5 Å². The zero-order chi connectivity index (χ0) is 13.5. The van der Waals surface area contributed by atoms with Gasteiger partial charge in [0.2, 0.25) is 0 Å². The molecule has 0 amide bonds. The number of rotatable bonds is 5. The summed E-state index contributed by atoms with van der Waals surface area (Å²) in [6.07, 6.45) is 3.98. The van der Waals surface area contributed by atoms with Crippen molar-refractivity contribution in [3.8, 4) is 0 Å². The molecule has 0 unspecified atom stereocenters. The lowest BCUT2D eigenvalue weighted by molar-refractivity contribution is 0.149. The fourth-order valence-corrected chi connectivity index (χ4v) is 2.05. The number of halogens is 2. The molecular weight excluding hydrogens is 307 g/mol. The predicted octanol–water partition coefficient (Wildman–Crippen LogP) is 4.82. The standard InChI is InChI=1S/C16H14BrFO/c17-15-11-14(8-9-16(15)18)12-19-10-4-7-13-5-2-1-3-6-13/h1-9,11H,10,12H2/b7-4+. The molecule has 0 aliphatic rings. The second-order valence-corrected chi connectivity index (χ2v) is 4.93. The van der Waals surface area contributed by atoms with E-state index in [1.165, 1.54) is 6.07 Å². The summed E-state index contributed by atoms with van der Waals surface area (Å²) < 4.78 is 19.0. The van der Waals surface area contributed by atoms with Gasteiger partial charge in [0.05, 0.1) is 17.7 Å². The lowest BCUT2D eigenvalue weighted by Crippen LogP contribution is -1.93. The number of benzene rings is 2. The van der Waals surface area contributed by atoms with E-state index in [4.69, 9.17) is 4.74 Å². The summed E-state index contributed by atoms with van der Waals surface area (Å²) in [5.41, 5.74) is 2.09. The van der Waals surface area contributed by atoms with Crippen molar-refractivity contribution < 1.29 is 9.13 Å². The first-order valence-corrected chi connectivity index (χ1v) is 6.78. The quantitative estimate of drug-likeness (QED) is 0.718. The lowest BCUT2D eigenvalue weighted by Gasteiger charge is -2.03. The molecule has 98 valence electrons. The fourth-order valence-electron chi connectivity index (χ4n) is 1.62. The third kappa shape index (κ3) is 4.62. The van der Waals surface area contributed by atoms with Gasteiger partial charge in [-0.1, -0.05) is 48.6 Å². The Balaban J connectivity index is 1.78. The van der Waals surface area contributed by atoms with Crippen LogP contribution in [-0.4, -0.2) is 6.61 Å². The molecule has 0 bridgehead atoms. The number of ether oxygens (including phenoxy) is 1. The zero-order valence-corrected chi connectivity index (χ0v) is 11.9. The van der Waals surface area contributed by atoms with Crippen molar-refractivity contribution >= 4 is 22.0 Å². The minimum absolute atomic E-state index is 0.257. The molecule has 0 radical (unpaired) electrons. The minimum atomic E-state index is -0.257. The van der Waals surface area contributed by atoms with Crippen molar-refractivity contribution in [1.82, 2.24) is 0 Å². The first-order chi connectivity index (χ1) is 9.25. The Kier molecular flexibility index (Phi) is 5.31. The van der Waals surface area contributed by atoms with Crippen LogP contribution in [0.5, 0.6) is 0 Å². The topological polar surface area (TPSA) is 9.23 Å². The summed E-state index contributed by atoms with van der Waals surface area (Å²) in [6, 6.07) is 14.9. The molecule has 2 aromatic rings. The monoisotopic (exact) mass is 320 g/mol. The van der Waals surface area contributed by atoms with Crippen LogP contribution in [0.2, 0.25) is 0 Å². The maximum absolute atomic E-state index is 13.0. The third-order valence-corrected chi connectivity index (χ3v) is 3.18. The highest BCUT2D eigenvalue weighted by Crippen LogP contribution is 2.17. The van der Waals surface area contributed by atoms with Crippen LogP contribution in [0.15, 0.2) is 59.1 Å². The molecule has 0 N–H and O–H groups in total. The van der Waals surface area contributed by atoms with Gasteiger partial charge in [0.25, 0.3) is 0 Å². The molecule has 0 saturated carbocycles. The Morgan fingerprint density at radius 1 is 1.11 bits per heavy atom. The van der Waals surface area contributed by atoms with Crippen LogP contribution >= 0.6 is 15.9 Å². The van der Waals surface area contributed by atoms with Gasteiger partial charge in [-0.25, -0.2) is 4.39 Å². The normalized spacial score (nSPS) is 11.1. The van der Waals surface area contributed by atoms with Gasteiger partial charge >= 0.3 is 0 Å². The van der Waals surface area contributed by atoms with Crippen molar-refractivity contribution in [3.63, 3.8) is 0 Å². The Labute approximate surface area is 120 Å². The average Bonchev–Trinajstić information content (AvgIpc) is 2.43. The van der Waals surface area contributed by atoms with Crippen molar-refractivity contribution in [2.24, 2.45) is 0 Å². The van der Waals surface area contributed by atoms with Crippen LogP contribution in [0.25, 0.3) is 6.08 Å². The van der Waals surface area contributed by atoms with Crippen LogP contribution in [0.1, 0.15) is 11.1 Å². The molecular formula is C16H14BrFO. The van der Waals surface area contributed by atoms with Gasteiger partial charge in [-0.05, 0) is 39.2 Å². The van der Waals surface area contributed by atoms with E-state index in [9.17, 15) is 4.39 Å². The molecule has 0 aliphatic carbocycles. The van der Waals surface area contributed by atoms with E-state index in [1.54, 1.807) is 12.1 Å². The van der Waals surface area contributed by atoms with E-state index in [2.05, 4.69) is 15.9 Å². The predicted molar refractivity (Wildman–Crippen MR) is 79.2 cm³/mol. The van der Waals surface area contributed by atoms with Crippen LogP contribution in [0.3, 0.4) is 0 Å². The Bertz CT molecular complexity index is 552.